The average Bonchev–Trinajstić information content (AvgIpc) is 2.98. The molecule has 0 heterocycles. The number of amides is 2. The predicted molar refractivity (Wildman–Crippen MR) is 109 cm³/mol. The molecule has 0 radical (unpaired) electrons. The number of rotatable bonds is 4. The number of carboxylic acids is 1. The van der Waals surface area contributed by atoms with E-state index in [-0.39, 0.29) is 12.5 Å². The summed E-state index contributed by atoms with van der Waals surface area (Å²) in [5, 5.41) is 9.60. The van der Waals surface area contributed by atoms with E-state index in [1.807, 2.05) is 48.5 Å². The van der Waals surface area contributed by atoms with Gasteiger partial charge in [0.2, 0.25) is 0 Å². The van der Waals surface area contributed by atoms with Crippen LogP contribution in [0.25, 0.3) is 11.1 Å². The summed E-state index contributed by atoms with van der Waals surface area (Å²) < 4.78 is 10.5. The third kappa shape index (κ3) is 4.89. The Hall–Kier alpha value is -3.55. The minimum atomic E-state index is -1.31. The van der Waals surface area contributed by atoms with Crippen LogP contribution in [0.3, 0.4) is 0 Å². The highest BCUT2D eigenvalue weighted by Gasteiger charge is 2.30. The van der Waals surface area contributed by atoms with Gasteiger partial charge in [-0.15, -0.1) is 0 Å². The molecule has 2 aromatic carbocycles. The fourth-order valence-electron chi connectivity index (χ4n) is 3.34. The van der Waals surface area contributed by atoms with E-state index >= 15 is 0 Å². The van der Waals surface area contributed by atoms with Gasteiger partial charge in [-0.3, -0.25) is 4.79 Å². The van der Waals surface area contributed by atoms with Crippen LogP contribution in [-0.4, -0.2) is 47.0 Å². The zero-order valence-electron chi connectivity index (χ0n) is 17.0. The van der Waals surface area contributed by atoms with Crippen LogP contribution in [0.15, 0.2) is 48.5 Å². The Morgan fingerprint density at radius 3 is 2.03 bits per heavy atom. The van der Waals surface area contributed by atoms with Gasteiger partial charge in [0.15, 0.2) is 0 Å². The summed E-state index contributed by atoms with van der Waals surface area (Å²) in [4.78, 5) is 35.6. The van der Waals surface area contributed by atoms with E-state index in [0.29, 0.717) is 5.01 Å². The molecule has 0 atom stereocenters. The van der Waals surface area contributed by atoms with E-state index in [4.69, 9.17) is 14.6 Å². The molecule has 158 valence electrons. The molecule has 2 amide bonds. The molecule has 0 bridgehead atoms. The second kappa shape index (κ2) is 8.44. The van der Waals surface area contributed by atoms with Crippen LogP contribution in [-0.2, 0) is 14.3 Å². The number of carbonyl (C=O) groups is 3. The quantitative estimate of drug-likeness (QED) is 0.741. The van der Waals surface area contributed by atoms with Crippen molar-refractivity contribution < 1.29 is 29.0 Å². The first kappa shape index (κ1) is 21.2. The molecule has 2 aromatic rings. The normalized spacial score (nSPS) is 12.5. The number of hydrogen-bond acceptors (Lipinski definition) is 5. The van der Waals surface area contributed by atoms with Gasteiger partial charge in [-0.05, 0) is 43.0 Å². The Morgan fingerprint density at radius 1 is 1.00 bits per heavy atom. The molecule has 0 saturated heterocycles. The van der Waals surface area contributed by atoms with Gasteiger partial charge in [-0.25, -0.2) is 20.0 Å². The molecule has 8 heteroatoms. The maximum absolute atomic E-state index is 12.3. The standard InChI is InChI=1S/C22H24N2O6/c1-22(2,3)30-21(28)24(12-19(25)26)23-20(27)29-13-18-16-10-6-4-8-14(16)15-9-5-7-11-17(15)18/h4-11,18H,12-13H2,1-3H3,(H,23,27)(H,25,26). The van der Waals surface area contributed by atoms with Gasteiger partial charge in [-0.1, -0.05) is 48.5 Å². The first-order valence-corrected chi connectivity index (χ1v) is 9.49. The molecule has 1 aliphatic carbocycles. The number of nitrogens with one attached hydrogen (secondary N) is 1. The van der Waals surface area contributed by atoms with Crippen molar-refractivity contribution in [2.75, 3.05) is 13.2 Å². The van der Waals surface area contributed by atoms with Crippen molar-refractivity contribution in [1.82, 2.24) is 10.4 Å². The van der Waals surface area contributed by atoms with Crippen molar-refractivity contribution in [1.29, 1.82) is 0 Å². The lowest BCUT2D eigenvalue weighted by Gasteiger charge is -2.26. The summed E-state index contributed by atoms with van der Waals surface area (Å²) in [6.45, 7) is 4.18. The highest BCUT2D eigenvalue weighted by Crippen LogP contribution is 2.44. The van der Waals surface area contributed by atoms with Gasteiger partial charge in [0.25, 0.3) is 0 Å². The summed E-state index contributed by atoms with van der Waals surface area (Å²) in [5.41, 5.74) is 5.57. The molecule has 0 spiro atoms. The molecule has 2 N–H and O–H groups in total. The molecule has 0 unspecified atom stereocenters. The van der Waals surface area contributed by atoms with E-state index in [2.05, 4.69) is 5.43 Å². The summed E-state index contributed by atoms with van der Waals surface area (Å²) in [5.74, 6) is -1.46. The SMILES string of the molecule is CC(C)(C)OC(=O)N(CC(=O)O)NC(=O)OCC1c2ccccc2-c2ccccc21. The van der Waals surface area contributed by atoms with E-state index in [1.54, 1.807) is 20.8 Å². The molecule has 0 aliphatic heterocycles. The van der Waals surface area contributed by atoms with Crippen LogP contribution >= 0.6 is 0 Å². The second-order valence-electron chi connectivity index (χ2n) is 7.90. The fourth-order valence-corrected chi connectivity index (χ4v) is 3.34. The lowest BCUT2D eigenvalue weighted by atomic mass is 9.98. The van der Waals surface area contributed by atoms with Crippen molar-refractivity contribution in [3.63, 3.8) is 0 Å². The predicted octanol–water partition coefficient (Wildman–Crippen LogP) is 3.76. The van der Waals surface area contributed by atoms with E-state index in [1.165, 1.54) is 0 Å². The Morgan fingerprint density at radius 2 is 1.53 bits per heavy atom. The molecular weight excluding hydrogens is 388 g/mol. The first-order chi connectivity index (χ1) is 14.2. The molecule has 0 aromatic heterocycles. The van der Waals surface area contributed by atoms with Crippen molar-refractivity contribution >= 4 is 18.2 Å². The Kier molecular flexibility index (Phi) is 5.96. The topological polar surface area (TPSA) is 105 Å². The lowest BCUT2D eigenvalue weighted by molar-refractivity contribution is -0.138. The van der Waals surface area contributed by atoms with E-state index in [9.17, 15) is 14.4 Å². The van der Waals surface area contributed by atoms with Crippen molar-refractivity contribution in [2.45, 2.75) is 32.3 Å². The summed E-state index contributed by atoms with van der Waals surface area (Å²) in [6.07, 6.45) is -1.93. The second-order valence-corrected chi connectivity index (χ2v) is 7.90. The van der Waals surface area contributed by atoms with Crippen LogP contribution < -0.4 is 5.43 Å². The fraction of sp³-hybridized carbons (Fsp3) is 0.318. The van der Waals surface area contributed by atoms with Gasteiger partial charge in [-0.2, -0.15) is 0 Å². The maximum Gasteiger partial charge on any atom is 0.429 e. The Balaban J connectivity index is 1.68. The van der Waals surface area contributed by atoms with Gasteiger partial charge in [0.1, 0.15) is 18.8 Å². The van der Waals surface area contributed by atoms with Gasteiger partial charge in [0.05, 0.1) is 0 Å². The van der Waals surface area contributed by atoms with Crippen molar-refractivity contribution in [2.24, 2.45) is 0 Å². The molecule has 30 heavy (non-hydrogen) atoms. The van der Waals surface area contributed by atoms with Gasteiger partial charge in [0, 0.05) is 5.92 Å². The number of nitrogens with zero attached hydrogens (tertiary/aromatic N) is 1. The molecule has 0 fully saturated rings. The number of hydrazine groups is 1. The number of ether oxygens (including phenoxy) is 2. The average molecular weight is 412 g/mol. The van der Waals surface area contributed by atoms with Gasteiger partial charge >= 0.3 is 18.2 Å². The third-order valence-electron chi connectivity index (χ3n) is 4.48. The Labute approximate surface area is 174 Å². The summed E-state index contributed by atoms with van der Waals surface area (Å²) in [7, 11) is 0. The Bertz CT molecular complexity index is 921. The lowest BCUT2D eigenvalue weighted by Crippen LogP contribution is -2.50. The minimum Gasteiger partial charge on any atom is -0.480 e. The smallest absolute Gasteiger partial charge is 0.429 e. The van der Waals surface area contributed by atoms with E-state index < -0.39 is 30.3 Å². The van der Waals surface area contributed by atoms with Crippen LogP contribution in [0.2, 0.25) is 0 Å². The first-order valence-electron chi connectivity index (χ1n) is 9.49. The molecule has 3 rings (SSSR count). The number of hydrogen-bond donors (Lipinski definition) is 2. The van der Waals surface area contributed by atoms with Gasteiger partial charge < -0.3 is 14.6 Å². The largest absolute Gasteiger partial charge is 0.480 e. The van der Waals surface area contributed by atoms with Crippen LogP contribution in [0.5, 0.6) is 0 Å². The molecule has 1 aliphatic rings. The zero-order chi connectivity index (χ0) is 21.9. The van der Waals surface area contributed by atoms with E-state index in [0.717, 1.165) is 22.3 Å². The summed E-state index contributed by atoms with van der Waals surface area (Å²) >= 11 is 0. The third-order valence-corrected chi connectivity index (χ3v) is 4.48. The summed E-state index contributed by atoms with van der Waals surface area (Å²) in [6, 6.07) is 15.8. The van der Waals surface area contributed by atoms with Crippen molar-refractivity contribution in [3.8, 4) is 11.1 Å². The van der Waals surface area contributed by atoms with Crippen molar-refractivity contribution in [3.05, 3.63) is 59.7 Å². The monoisotopic (exact) mass is 412 g/mol. The molecule has 8 nitrogen and oxygen atoms in total. The van der Waals surface area contributed by atoms with Crippen LogP contribution in [0, 0.1) is 0 Å². The number of benzene rings is 2. The number of carboxylic acid groups (broad SMARTS) is 1. The number of carbonyl (C=O) groups excluding carboxylic acids is 2. The number of fused-ring (bicyclic) bond motifs is 3. The highest BCUT2D eigenvalue weighted by atomic mass is 16.6. The van der Waals surface area contributed by atoms with Crippen LogP contribution in [0.1, 0.15) is 37.8 Å². The highest BCUT2D eigenvalue weighted by molar-refractivity contribution is 5.80. The zero-order valence-corrected chi connectivity index (χ0v) is 17.0. The molecular formula is C22H24N2O6. The minimum absolute atomic E-state index is 0.0368. The molecule has 0 saturated carbocycles. The number of aliphatic carboxylic acids is 1. The van der Waals surface area contributed by atoms with Crippen LogP contribution in [0.4, 0.5) is 9.59 Å². The maximum atomic E-state index is 12.3.